The van der Waals surface area contributed by atoms with Crippen LogP contribution in [0.3, 0.4) is 0 Å². The summed E-state index contributed by atoms with van der Waals surface area (Å²) in [5.74, 6) is -0.392. The molecule has 2 heterocycles. The minimum atomic E-state index is -0.587. The highest BCUT2D eigenvalue weighted by Gasteiger charge is 2.12. The molecule has 0 saturated carbocycles. The maximum Gasteiger partial charge on any atom is 0.259 e. The second-order valence-corrected chi connectivity index (χ2v) is 4.15. The molecule has 6 nitrogen and oxygen atoms in total. The lowest BCUT2D eigenvalue weighted by molar-refractivity contribution is 0.102. The van der Waals surface area contributed by atoms with Crippen LogP contribution in [-0.4, -0.2) is 25.7 Å². The van der Waals surface area contributed by atoms with Crippen LogP contribution >= 0.6 is 0 Å². The number of anilines is 1. The first-order valence-corrected chi connectivity index (χ1v) is 6.12. The number of benzene rings is 1. The number of nitrogens with zero attached hydrogens (tertiary/aromatic N) is 4. The van der Waals surface area contributed by atoms with Crippen LogP contribution < -0.4 is 5.32 Å². The molecule has 0 unspecified atom stereocenters. The molecule has 0 atom stereocenters. The van der Waals surface area contributed by atoms with Gasteiger partial charge < -0.3 is 5.32 Å². The van der Waals surface area contributed by atoms with Crippen LogP contribution in [0.4, 0.5) is 10.2 Å². The number of aromatic nitrogens is 4. The molecule has 0 bridgehead atoms. The molecule has 0 aliphatic rings. The molecule has 0 aliphatic carbocycles. The molecular formula is C14H10FN5O. The Labute approximate surface area is 119 Å². The lowest BCUT2D eigenvalue weighted by atomic mass is 10.2. The molecule has 3 rings (SSSR count). The highest BCUT2D eigenvalue weighted by molar-refractivity contribution is 6.03. The Bertz CT molecular complexity index is 773. The number of amides is 1. The molecule has 2 aromatic heterocycles. The molecule has 1 N–H and O–H groups in total. The maximum atomic E-state index is 13.5. The molecule has 0 spiro atoms. The molecule has 0 aliphatic heterocycles. The van der Waals surface area contributed by atoms with Gasteiger partial charge in [0.15, 0.2) is 5.82 Å². The minimum absolute atomic E-state index is 0.0447. The van der Waals surface area contributed by atoms with Gasteiger partial charge in [-0.05, 0) is 18.2 Å². The third-order valence-corrected chi connectivity index (χ3v) is 2.75. The third kappa shape index (κ3) is 2.76. The van der Waals surface area contributed by atoms with Crippen LogP contribution in [-0.2, 0) is 0 Å². The Balaban J connectivity index is 1.84. The quantitative estimate of drug-likeness (QED) is 0.798. The predicted molar refractivity (Wildman–Crippen MR) is 73.5 cm³/mol. The largest absolute Gasteiger partial charge is 0.306 e. The van der Waals surface area contributed by atoms with Gasteiger partial charge in [-0.2, -0.15) is 5.10 Å². The molecule has 3 aromatic rings. The summed E-state index contributed by atoms with van der Waals surface area (Å²) in [5, 5.41) is 6.56. The van der Waals surface area contributed by atoms with E-state index >= 15 is 0 Å². The van der Waals surface area contributed by atoms with Crippen molar-refractivity contribution in [2.24, 2.45) is 0 Å². The van der Waals surface area contributed by atoms with Gasteiger partial charge in [-0.3, -0.25) is 4.79 Å². The van der Waals surface area contributed by atoms with Gasteiger partial charge in [0.05, 0.1) is 5.56 Å². The van der Waals surface area contributed by atoms with E-state index in [-0.39, 0.29) is 11.4 Å². The summed E-state index contributed by atoms with van der Waals surface area (Å²) in [4.78, 5) is 20.0. The molecule has 0 fully saturated rings. The summed E-state index contributed by atoms with van der Waals surface area (Å²) in [6.45, 7) is 0. The van der Waals surface area contributed by atoms with Crippen molar-refractivity contribution in [2.45, 2.75) is 0 Å². The van der Waals surface area contributed by atoms with E-state index in [1.165, 1.54) is 29.2 Å². The zero-order valence-corrected chi connectivity index (χ0v) is 10.8. The minimum Gasteiger partial charge on any atom is -0.306 e. The number of rotatable bonds is 3. The first-order valence-electron chi connectivity index (χ1n) is 6.12. The van der Waals surface area contributed by atoms with Gasteiger partial charge in [0.1, 0.15) is 18.0 Å². The number of halogens is 1. The van der Waals surface area contributed by atoms with Crippen LogP contribution in [0, 0.1) is 5.82 Å². The highest BCUT2D eigenvalue weighted by Crippen LogP contribution is 2.11. The van der Waals surface area contributed by atoms with Crippen molar-refractivity contribution in [2.75, 3.05) is 5.32 Å². The van der Waals surface area contributed by atoms with Gasteiger partial charge in [-0.25, -0.2) is 19.0 Å². The summed E-state index contributed by atoms with van der Waals surface area (Å²) in [6.07, 6.45) is 4.62. The monoisotopic (exact) mass is 283 g/mol. The number of carbonyl (C=O) groups is 1. The van der Waals surface area contributed by atoms with Crippen LogP contribution in [0.25, 0.3) is 5.82 Å². The van der Waals surface area contributed by atoms with E-state index in [1.807, 2.05) is 0 Å². The summed E-state index contributed by atoms with van der Waals surface area (Å²) >= 11 is 0. The number of nitrogens with one attached hydrogen (secondary N) is 1. The fourth-order valence-electron chi connectivity index (χ4n) is 1.77. The van der Waals surface area contributed by atoms with E-state index in [0.29, 0.717) is 5.82 Å². The third-order valence-electron chi connectivity index (χ3n) is 2.75. The van der Waals surface area contributed by atoms with Gasteiger partial charge in [0.2, 0.25) is 0 Å². The second-order valence-electron chi connectivity index (χ2n) is 4.15. The van der Waals surface area contributed by atoms with Gasteiger partial charge in [-0.1, -0.05) is 12.1 Å². The molecule has 0 saturated heterocycles. The SMILES string of the molecule is O=C(Nc1cc(-n2cccn2)ncn1)c1ccccc1F. The number of carbonyl (C=O) groups excluding carboxylic acids is 1. The summed E-state index contributed by atoms with van der Waals surface area (Å²) in [6, 6.07) is 9.04. The molecular weight excluding hydrogens is 273 g/mol. The first kappa shape index (κ1) is 12.9. The molecule has 7 heteroatoms. The van der Waals surface area contributed by atoms with E-state index in [4.69, 9.17) is 0 Å². The maximum absolute atomic E-state index is 13.5. The Morgan fingerprint density at radius 1 is 1.19 bits per heavy atom. The van der Waals surface area contributed by atoms with Crippen molar-refractivity contribution in [1.82, 2.24) is 19.7 Å². The Kier molecular flexibility index (Phi) is 3.38. The summed E-state index contributed by atoms with van der Waals surface area (Å²) in [7, 11) is 0. The Hall–Kier alpha value is -3.09. The highest BCUT2D eigenvalue weighted by atomic mass is 19.1. The van der Waals surface area contributed by atoms with Gasteiger partial charge in [-0.15, -0.1) is 0 Å². The van der Waals surface area contributed by atoms with Crippen molar-refractivity contribution in [1.29, 1.82) is 0 Å². The van der Waals surface area contributed by atoms with Crippen molar-refractivity contribution < 1.29 is 9.18 Å². The van der Waals surface area contributed by atoms with Crippen molar-refractivity contribution in [3.63, 3.8) is 0 Å². The molecule has 1 amide bonds. The first-order chi connectivity index (χ1) is 10.2. The van der Waals surface area contributed by atoms with Crippen LogP contribution in [0.2, 0.25) is 0 Å². The number of hydrogen-bond acceptors (Lipinski definition) is 4. The van der Waals surface area contributed by atoms with Gasteiger partial charge in [0, 0.05) is 18.5 Å². The van der Waals surface area contributed by atoms with Crippen molar-refractivity contribution in [3.05, 3.63) is 66.5 Å². The lowest BCUT2D eigenvalue weighted by Crippen LogP contribution is -2.15. The van der Waals surface area contributed by atoms with E-state index < -0.39 is 11.7 Å². The normalized spacial score (nSPS) is 10.3. The zero-order valence-electron chi connectivity index (χ0n) is 10.8. The van der Waals surface area contributed by atoms with Crippen LogP contribution in [0.1, 0.15) is 10.4 Å². The average molecular weight is 283 g/mol. The van der Waals surface area contributed by atoms with Gasteiger partial charge in [0.25, 0.3) is 5.91 Å². The summed E-state index contributed by atoms with van der Waals surface area (Å²) < 4.78 is 15.1. The van der Waals surface area contributed by atoms with E-state index in [1.54, 1.807) is 30.6 Å². The topological polar surface area (TPSA) is 72.7 Å². The zero-order chi connectivity index (χ0) is 14.7. The van der Waals surface area contributed by atoms with Crippen molar-refractivity contribution in [3.8, 4) is 5.82 Å². The Morgan fingerprint density at radius 2 is 2.05 bits per heavy atom. The molecule has 0 radical (unpaired) electrons. The summed E-state index contributed by atoms with van der Waals surface area (Å²) in [5.41, 5.74) is -0.0447. The van der Waals surface area contributed by atoms with E-state index in [9.17, 15) is 9.18 Å². The van der Waals surface area contributed by atoms with Crippen molar-refractivity contribution >= 4 is 11.7 Å². The van der Waals surface area contributed by atoms with Crippen LogP contribution in [0.15, 0.2) is 55.1 Å². The fraction of sp³-hybridized carbons (Fsp3) is 0. The average Bonchev–Trinajstić information content (AvgIpc) is 3.02. The molecule has 104 valence electrons. The van der Waals surface area contributed by atoms with Gasteiger partial charge >= 0.3 is 0 Å². The van der Waals surface area contributed by atoms with Crippen LogP contribution in [0.5, 0.6) is 0 Å². The Morgan fingerprint density at radius 3 is 2.81 bits per heavy atom. The smallest absolute Gasteiger partial charge is 0.259 e. The second kappa shape index (κ2) is 5.49. The predicted octanol–water partition coefficient (Wildman–Crippen LogP) is 2.05. The fourth-order valence-corrected chi connectivity index (χ4v) is 1.77. The van der Waals surface area contributed by atoms with E-state index in [2.05, 4.69) is 20.4 Å². The standard InChI is InChI=1S/C14H10FN5O/c15-11-5-2-1-4-10(11)14(21)19-12-8-13(17-9-16-12)20-7-3-6-18-20/h1-9H,(H,16,17,19,21). The molecule has 21 heavy (non-hydrogen) atoms. The van der Waals surface area contributed by atoms with E-state index in [0.717, 1.165) is 0 Å². The lowest BCUT2D eigenvalue weighted by Gasteiger charge is -2.06. The number of hydrogen-bond donors (Lipinski definition) is 1. The molecule has 1 aromatic carbocycles.